The molecule has 0 radical (unpaired) electrons. The van der Waals surface area contributed by atoms with Gasteiger partial charge in [-0.3, -0.25) is 4.79 Å². The molecule has 0 aromatic heterocycles. The number of nitrogens with zero attached hydrogens (tertiary/aromatic N) is 2. The zero-order valence-corrected chi connectivity index (χ0v) is 29.4. The molecule has 4 aliphatic heterocycles. The van der Waals surface area contributed by atoms with Crippen molar-refractivity contribution < 1.29 is 27.4 Å². The molecule has 3 aliphatic carbocycles. The molecule has 1 saturated heterocycles. The van der Waals surface area contributed by atoms with Crippen molar-refractivity contribution >= 4 is 33.4 Å². The molecule has 11 heteroatoms. The second-order valence-electron chi connectivity index (χ2n) is 14.9. The molecule has 9 nitrogen and oxygen atoms in total. The first kappa shape index (κ1) is 32.6. The molecular weight excluding hydrogens is 650 g/mol. The fourth-order valence-corrected chi connectivity index (χ4v) is 10.9. The lowest BCUT2D eigenvalue weighted by Crippen LogP contribution is -2.54. The number of rotatable bonds is 3. The Morgan fingerprint density at radius 3 is 2.73 bits per heavy atom. The Kier molecular flexibility index (Phi) is 8.55. The number of anilines is 1. The summed E-state index contributed by atoms with van der Waals surface area (Å²) in [4.78, 5) is 16.2. The number of benzene rings is 2. The van der Waals surface area contributed by atoms with E-state index in [9.17, 15) is 13.2 Å². The average Bonchev–Trinajstić information content (AvgIpc) is 3.50. The Hall–Kier alpha value is -2.63. The number of halogens is 1. The molecule has 1 spiro atoms. The molecule has 0 unspecified atom stereocenters. The van der Waals surface area contributed by atoms with E-state index in [2.05, 4.69) is 27.8 Å². The SMILES string of the molecule is CO[C@H]1C2=C[C@@H](C2)[C@H](C)N(C[C@@H]2CCCO2)S(=O)(=O)NC(=O)c2ccc3c(c2)N(C[C@@H]2CC[C@H]21)C[C@@]1(CCCc2cc(Cl)ccc21)CO3. The fraction of sp³-hybridized carbons (Fsp3) is 0.595. The number of ether oxygens (including phenoxy) is 3. The summed E-state index contributed by atoms with van der Waals surface area (Å²) in [5.74, 6) is 0.878. The summed E-state index contributed by atoms with van der Waals surface area (Å²) in [6.45, 7) is 4.83. The van der Waals surface area contributed by atoms with Crippen molar-refractivity contribution in [3.8, 4) is 5.75 Å². The molecule has 48 heavy (non-hydrogen) atoms. The Balaban J connectivity index is 1.19. The van der Waals surface area contributed by atoms with Crippen molar-refractivity contribution in [3.05, 3.63) is 69.8 Å². The van der Waals surface area contributed by atoms with Gasteiger partial charge in [0, 0.05) is 55.4 Å². The van der Waals surface area contributed by atoms with Crippen molar-refractivity contribution in [2.45, 2.75) is 82.0 Å². The number of fused-ring (bicyclic) bond motifs is 6. The minimum absolute atomic E-state index is 0.00331. The molecule has 1 amide bonds. The summed E-state index contributed by atoms with van der Waals surface area (Å²) >= 11 is 6.45. The zero-order chi connectivity index (χ0) is 33.2. The molecule has 2 aromatic carbocycles. The third-order valence-electron chi connectivity index (χ3n) is 12.2. The second-order valence-corrected chi connectivity index (χ2v) is 17.0. The predicted octanol–water partition coefficient (Wildman–Crippen LogP) is 5.66. The lowest BCUT2D eigenvalue weighted by Gasteiger charge is -2.48. The van der Waals surface area contributed by atoms with Gasteiger partial charge in [0.2, 0.25) is 0 Å². The fourth-order valence-electron chi connectivity index (χ4n) is 9.31. The van der Waals surface area contributed by atoms with Crippen LogP contribution in [-0.4, -0.2) is 76.8 Å². The smallest absolute Gasteiger partial charge is 0.304 e. The van der Waals surface area contributed by atoms with Crippen molar-refractivity contribution in [1.29, 1.82) is 0 Å². The van der Waals surface area contributed by atoms with Gasteiger partial charge in [-0.05, 0) is 123 Å². The van der Waals surface area contributed by atoms with Gasteiger partial charge in [-0.15, -0.1) is 0 Å². The van der Waals surface area contributed by atoms with E-state index in [-0.39, 0.29) is 36.1 Å². The lowest BCUT2D eigenvalue weighted by molar-refractivity contribution is -0.00109. The average molecular weight is 696 g/mol. The van der Waals surface area contributed by atoms with E-state index in [1.54, 1.807) is 13.2 Å². The molecule has 2 fully saturated rings. The van der Waals surface area contributed by atoms with Gasteiger partial charge in [0.05, 0.1) is 24.5 Å². The van der Waals surface area contributed by atoms with Crippen molar-refractivity contribution in [3.63, 3.8) is 0 Å². The van der Waals surface area contributed by atoms with Crippen molar-refractivity contribution in [2.24, 2.45) is 17.8 Å². The summed E-state index contributed by atoms with van der Waals surface area (Å²) in [5, 5.41) is 0.749. The van der Waals surface area contributed by atoms with Gasteiger partial charge in [0.15, 0.2) is 0 Å². The second kappa shape index (κ2) is 12.6. The molecule has 7 atom stereocenters. The number of carbonyl (C=O) groups excluding carboxylic acids is 1. The molecule has 9 rings (SSSR count). The van der Waals surface area contributed by atoms with Crippen LogP contribution in [0.4, 0.5) is 5.69 Å². The van der Waals surface area contributed by atoms with Crippen molar-refractivity contribution in [2.75, 3.05) is 44.9 Å². The predicted molar refractivity (Wildman–Crippen MR) is 185 cm³/mol. The first-order valence-electron chi connectivity index (χ1n) is 17.6. The number of aryl methyl sites for hydroxylation is 1. The monoisotopic (exact) mass is 695 g/mol. The van der Waals surface area contributed by atoms with Gasteiger partial charge in [-0.25, -0.2) is 4.72 Å². The van der Waals surface area contributed by atoms with Crippen LogP contribution in [0, 0.1) is 17.8 Å². The summed E-state index contributed by atoms with van der Waals surface area (Å²) in [7, 11) is -2.38. The van der Waals surface area contributed by atoms with E-state index in [0.29, 0.717) is 36.4 Å². The highest BCUT2D eigenvalue weighted by Gasteiger charge is 2.47. The van der Waals surface area contributed by atoms with Crippen LogP contribution in [-0.2, 0) is 31.5 Å². The number of amides is 1. The van der Waals surface area contributed by atoms with E-state index >= 15 is 0 Å². The third kappa shape index (κ3) is 5.75. The summed E-state index contributed by atoms with van der Waals surface area (Å²) in [6.07, 6.45) is 9.72. The van der Waals surface area contributed by atoms with E-state index < -0.39 is 16.1 Å². The highest BCUT2D eigenvalue weighted by Crippen LogP contribution is 2.49. The van der Waals surface area contributed by atoms with Gasteiger partial charge >= 0.3 is 10.2 Å². The Morgan fingerprint density at radius 1 is 1.12 bits per heavy atom. The molecule has 1 N–H and O–H groups in total. The first-order valence-corrected chi connectivity index (χ1v) is 19.5. The highest BCUT2D eigenvalue weighted by molar-refractivity contribution is 7.87. The van der Waals surface area contributed by atoms with Gasteiger partial charge in [0.25, 0.3) is 5.91 Å². The van der Waals surface area contributed by atoms with E-state index in [0.717, 1.165) is 75.2 Å². The standard InChI is InChI=1S/C37H46ClN3O6S/c1-23-27-15-28(16-27)35(45-2)31-10-7-26(31)19-40-21-37(13-3-5-24-17-29(38)9-11-32(24)37)22-47-34-12-8-25(18-33(34)40)36(42)39-48(43,44)41(23)20-30-6-4-14-46-30/h8-9,11-12,15,17-18,23,26-27,30-31,35H,3-7,10,13-14,16,19-22H2,1-2H3,(H,39,42)/t23-,26-,27-,30-,31+,35-,37-/m0/s1. The number of methoxy groups -OCH3 is 1. The topological polar surface area (TPSA) is 97.4 Å². The largest absolute Gasteiger partial charge is 0.490 e. The maximum atomic E-state index is 14.0. The summed E-state index contributed by atoms with van der Waals surface area (Å²) in [5.41, 5.74) is 4.70. The maximum Gasteiger partial charge on any atom is 0.304 e. The number of hydrogen-bond donors (Lipinski definition) is 1. The van der Waals surface area contributed by atoms with Gasteiger partial charge in [-0.1, -0.05) is 23.7 Å². The molecule has 258 valence electrons. The molecular formula is C37H46ClN3O6S. The Labute approximate surface area is 289 Å². The van der Waals surface area contributed by atoms with Crippen LogP contribution in [0.1, 0.15) is 73.4 Å². The van der Waals surface area contributed by atoms with Crippen LogP contribution in [0.15, 0.2) is 48.0 Å². The van der Waals surface area contributed by atoms with Crippen LogP contribution in [0.3, 0.4) is 0 Å². The first-order chi connectivity index (χ1) is 23.1. The molecule has 1 saturated carbocycles. The van der Waals surface area contributed by atoms with E-state index in [1.807, 2.05) is 25.1 Å². The third-order valence-corrected chi connectivity index (χ3v) is 13.9. The van der Waals surface area contributed by atoms with Crippen LogP contribution >= 0.6 is 11.6 Å². The normalized spacial score (nSPS) is 34.4. The summed E-state index contributed by atoms with van der Waals surface area (Å²) < 4.78 is 50.7. The number of carbonyl (C=O) groups is 1. The van der Waals surface area contributed by atoms with E-state index in [1.165, 1.54) is 21.0 Å². The zero-order valence-electron chi connectivity index (χ0n) is 27.8. The van der Waals surface area contributed by atoms with Crippen molar-refractivity contribution in [1.82, 2.24) is 9.03 Å². The summed E-state index contributed by atoms with van der Waals surface area (Å²) in [6, 6.07) is 11.3. The van der Waals surface area contributed by atoms with Crippen LogP contribution in [0.5, 0.6) is 5.75 Å². The quantitative estimate of drug-likeness (QED) is 0.414. The molecule has 4 bridgehead atoms. The molecule has 7 aliphatic rings. The number of hydrogen-bond acceptors (Lipinski definition) is 7. The Bertz CT molecular complexity index is 1730. The lowest BCUT2D eigenvalue weighted by atomic mass is 9.65. The van der Waals surface area contributed by atoms with Gasteiger partial charge in [-0.2, -0.15) is 12.7 Å². The van der Waals surface area contributed by atoms with Gasteiger partial charge < -0.3 is 19.1 Å². The van der Waals surface area contributed by atoms with Gasteiger partial charge in [0.1, 0.15) is 5.75 Å². The molecule has 2 aromatic rings. The van der Waals surface area contributed by atoms with E-state index in [4.69, 9.17) is 25.8 Å². The highest BCUT2D eigenvalue weighted by atomic mass is 35.5. The number of nitrogens with one attached hydrogen (secondary N) is 1. The van der Waals surface area contributed by atoms with Crippen LogP contribution in [0.2, 0.25) is 5.02 Å². The minimum Gasteiger partial charge on any atom is -0.490 e. The van der Waals surface area contributed by atoms with Crippen LogP contribution < -0.4 is 14.4 Å². The molecule has 4 heterocycles. The maximum absolute atomic E-state index is 14.0. The Morgan fingerprint density at radius 2 is 1.98 bits per heavy atom. The van der Waals surface area contributed by atoms with Crippen LogP contribution in [0.25, 0.3) is 0 Å². The minimum atomic E-state index is -4.18.